The normalized spacial score (nSPS) is 25.8. The van der Waals surface area contributed by atoms with E-state index in [9.17, 15) is 57.8 Å². The van der Waals surface area contributed by atoms with Gasteiger partial charge in [-0.3, -0.25) is 62.3 Å². The molecular formula is C71H111N13O14. The topological polar surface area (TPSA) is 328 Å². The molecule has 2 aromatic carbocycles. The molecule has 27 heteroatoms. The van der Waals surface area contributed by atoms with E-state index < -0.39 is 168 Å². The summed E-state index contributed by atoms with van der Waals surface area (Å²) in [6.45, 7) is 19.7. The second-order valence-corrected chi connectivity index (χ2v) is 27.6. The molecule has 0 bridgehead atoms. The van der Waals surface area contributed by atoms with Crippen molar-refractivity contribution in [1.82, 2.24) is 65.8 Å². The van der Waals surface area contributed by atoms with Crippen molar-refractivity contribution in [1.29, 1.82) is 0 Å². The van der Waals surface area contributed by atoms with E-state index in [1.165, 1.54) is 88.9 Å². The SMILES string of the molecule is CCC(C)[C@@H]1NC(=O)[C@@H](C)N(C)C(=O)C[C@@H](C(=O)N(C)[C@@H](Cc2ccccc2)C(=O)N[C@@H](C)C(=O)N2CCCCC2)NC(=O)[C@H](Cc2ccccc2)CN(C)C(=O)[C@H](C)NC(=O)[C@H](CC(C)C)N(C)C(=O)[C@H](C)N(C)C(=O)[C@H]([C@@H](C)O)NC(=O)[C@H](C(C)C)N(C)C(=O)[C@@H](C)N(C)C1=O. The second-order valence-electron chi connectivity index (χ2n) is 27.6. The number of aliphatic hydroxyl groups is 1. The van der Waals surface area contributed by atoms with E-state index in [2.05, 4.69) is 26.6 Å². The third-order valence-corrected chi connectivity index (χ3v) is 19.3. The van der Waals surface area contributed by atoms with Crippen LogP contribution in [0.5, 0.6) is 0 Å². The summed E-state index contributed by atoms with van der Waals surface area (Å²) in [6, 6.07) is 2.89. The summed E-state index contributed by atoms with van der Waals surface area (Å²) in [7, 11) is 9.46. The van der Waals surface area contributed by atoms with Gasteiger partial charge in [0.25, 0.3) is 0 Å². The lowest BCUT2D eigenvalue weighted by molar-refractivity contribution is -0.152. The summed E-state index contributed by atoms with van der Waals surface area (Å²) < 4.78 is 0. The lowest BCUT2D eigenvalue weighted by Crippen LogP contribution is -2.62. The highest BCUT2D eigenvalue weighted by Crippen LogP contribution is 2.22. The van der Waals surface area contributed by atoms with Gasteiger partial charge in [-0.25, -0.2) is 0 Å². The van der Waals surface area contributed by atoms with Gasteiger partial charge in [0.05, 0.1) is 18.4 Å². The maximum atomic E-state index is 15.5. The number of amides is 13. The van der Waals surface area contributed by atoms with Gasteiger partial charge in [0.1, 0.15) is 66.5 Å². The number of carbonyl (C=O) groups is 13. The molecule has 27 nitrogen and oxygen atoms in total. The van der Waals surface area contributed by atoms with Crippen LogP contribution in [-0.2, 0) is 75.2 Å². The maximum Gasteiger partial charge on any atom is 0.248 e. The molecule has 14 atom stereocenters. The Kier molecular flexibility index (Phi) is 31.3. The first kappa shape index (κ1) is 81.9. The highest BCUT2D eigenvalue weighted by atomic mass is 16.3. The molecule has 2 saturated heterocycles. The van der Waals surface area contributed by atoms with Crippen LogP contribution < -0.4 is 26.6 Å². The molecule has 0 aromatic heterocycles. The highest BCUT2D eigenvalue weighted by Gasteiger charge is 2.44. The standard InChI is InChI=1S/C71H111N13O14/c1-20-43(6)57-70(97)79(15)48(11)68(95)83(19)59(42(4)5)64(91)76-58(49(12)85)71(98)80(16)47(10)67(94)81(17)54(36-41(2)3)62(89)72-44(7)65(92)77(13)40-52(37-50-30-24-21-25-31-50)61(88)74-53(39-56(86)78(14)46(9)60(87)75-57)69(96)82(18)55(38-51-32-26-22-27-33-51)63(90)73-45(8)66(93)84-34-28-23-29-35-84/h21-22,24-27,30-33,41-49,52-55,57-59,85H,20,23,28-29,34-40H2,1-19H3,(H,72,89)(H,73,90)(H,74,88)(H,75,87)(H,76,91)/t43?,44-,45-,46+,47-,48+,49+,52+,53-,54-,55-,57-,58-,59-/m0/s1. The van der Waals surface area contributed by atoms with Crippen molar-refractivity contribution in [3.8, 4) is 0 Å². The molecule has 2 fully saturated rings. The molecule has 0 aliphatic carbocycles. The molecular weight excluding hydrogens is 1260 g/mol. The number of hydrogen-bond acceptors (Lipinski definition) is 14. The van der Waals surface area contributed by atoms with Crippen molar-refractivity contribution in [2.24, 2.45) is 23.7 Å². The number of nitrogens with one attached hydrogen (secondary N) is 5. The Morgan fingerprint density at radius 3 is 1.63 bits per heavy atom. The average molecular weight is 1370 g/mol. The number of likely N-dealkylation sites (N-methyl/N-ethyl adjacent to an activating group) is 7. The Morgan fingerprint density at radius 2 is 1.11 bits per heavy atom. The van der Waals surface area contributed by atoms with Crippen LogP contribution in [0.2, 0.25) is 0 Å². The minimum absolute atomic E-state index is 0.0228. The first-order valence-corrected chi connectivity index (χ1v) is 34.3. The predicted octanol–water partition coefficient (Wildman–Crippen LogP) is 1.58. The van der Waals surface area contributed by atoms with Crippen LogP contribution in [-0.4, -0.2) is 263 Å². The van der Waals surface area contributed by atoms with Crippen LogP contribution in [0.25, 0.3) is 0 Å². The summed E-state index contributed by atoms with van der Waals surface area (Å²) in [4.78, 5) is 200. The second kappa shape index (κ2) is 37.5. The van der Waals surface area contributed by atoms with Crippen molar-refractivity contribution >= 4 is 76.8 Å². The number of rotatable bonds is 15. The lowest BCUT2D eigenvalue weighted by Gasteiger charge is -2.38. The van der Waals surface area contributed by atoms with Crippen LogP contribution in [0, 0.1) is 23.7 Å². The number of aliphatic hydroxyl groups excluding tert-OH is 1. The van der Waals surface area contributed by atoms with Gasteiger partial charge in [-0.05, 0) is 103 Å². The zero-order chi connectivity index (χ0) is 73.9. The van der Waals surface area contributed by atoms with Crippen LogP contribution in [0.3, 0.4) is 0 Å². The fraction of sp³-hybridized carbons (Fsp3) is 0.648. The Hall–Kier alpha value is -8.49. The van der Waals surface area contributed by atoms with E-state index in [-0.39, 0.29) is 37.6 Å². The Morgan fingerprint density at radius 1 is 0.592 bits per heavy atom. The first-order chi connectivity index (χ1) is 45.9. The number of carbonyl (C=O) groups excluding carboxylic acids is 13. The van der Waals surface area contributed by atoms with Crippen LogP contribution in [0.1, 0.15) is 133 Å². The van der Waals surface area contributed by atoms with E-state index in [4.69, 9.17) is 0 Å². The van der Waals surface area contributed by atoms with Gasteiger partial charge in [0, 0.05) is 75.4 Å². The Bertz CT molecular complexity index is 3110. The van der Waals surface area contributed by atoms with Gasteiger partial charge >= 0.3 is 0 Å². The molecule has 6 N–H and O–H groups in total. The lowest BCUT2D eigenvalue weighted by atomic mass is 9.96. The largest absolute Gasteiger partial charge is 0.391 e. The Balaban J connectivity index is 1.91. The molecule has 0 saturated carbocycles. The van der Waals surface area contributed by atoms with Gasteiger partial charge in [-0.15, -0.1) is 0 Å². The van der Waals surface area contributed by atoms with Crippen molar-refractivity contribution < 1.29 is 67.4 Å². The van der Waals surface area contributed by atoms with Gasteiger partial charge in [-0.1, -0.05) is 109 Å². The molecule has 2 aliphatic rings. The monoisotopic (exact) mass is 1370 g/mol. The molecule has 2 aliphatic heterocycles. The van der Waals surface area contributed by atoms with E-state index in [0.717, 1.165) is 48.7 Å². The number of nitrogens with zero attached hydrogens (tertiary/aromatic N) is 8. The molecule has 0 radical (unpaired) electrons. The number of likely N-dealkylation sites (tertiary alicyclic amines) is 1. The fourth-order valence-electron chi connectivity index (χ4n) is 12.3. The minimum atomic E-state index is -1.76. The fourth-order valence-corrected chi connectivity index (χ4v) is 12.3. The van der Waals surface area contributed by atoms with E-state index in [1.54, 1.807) is 100 Å². The molecule has 544 valence electrons. The summed E-state index contributed by atoms with van der Waals surface area (Å²) in [6.07, 6.45) is 0.611. The number of piperidine rings is 1. The summed E-state index contributed by atoms with van der Waals surface area (Å²) in [5, 5.41) is 24.8. The molecule has 98 heavy (non-hydrogen) atoms. The average Bonchev–Trinajstić information content (AvgIpc) is 0.826. The highest BCUT2D eigenvalue weighted by molar-refractivity contribution is 6.00. The van der Waals surface area contributed by atoms with Crippen LogP contribution >= 0.6 is 0 Å². The molecule has 13 amide bonds. The predicted molar refractivity (Wildman–Crippen MR) is 369 cm³/mol. The summed E-state index contributed by atoms with van der Waals surface area (Å²) >= 11 is 0. The van der Waals surface area contributed by atoms with Crippen molar-refractivity contribution in [2.45, 2.75) is 207 Å². The number of benzene rings is 2. The summed E-state index contributed by atoms with van der Waals surface area (Å²) in [5.41, 5.74) is 1.28. The van der Waals surface area contributed by atoms with E-state index in [1.807, 2.05) is 13.8 Å². The third kappa shape index (κ3) is 21.8. The zero-order valence-corrected chi connectivity index (χ0v) is 61.1. The smallest absolute Gasteiger partial charge is 0.248 e. The minimum Gasteiger partial charge on any atom is -0.391 e. The molecule has 0 spiro atoms. The molecule has 2 aromatic rings. The van der Waals surface area contributed by atoms with Crippen LogP contribution in [0.15, 0.2) is 60.7 Å². The zero-order valence-electron chi connectivity index (χ0n) is 61.1. The first-order valence-electron chi connectivity index (χ1n) is 34.3. The third-order valence-electron chi connectivity index (χ3n) is 19.3. The van der Waals surface area contributed by atoms with Crippen molar-refractivity contribution in [3.05, 3.63) is 71.8 Å². The molecule has 1 unspecified atom stereocenters. The van der Waals surface area contributed by atoms with E-state index >= 15 is 9.59 Å². The quantitative estimate of drug-likeness (QED) is 0.148. The number of hydrogen-bond donors (Lipinski definition) is 6. The van der Waals surface area contributed by atoms with Gasteiger partial charge in [-0.2, -0.15) is 0 Å². The van der Waals surface area contributed by atoms with Gasteiger partial charge in [0.2, 0.25) is 76.8 Å². The van der Waals surface area contributed by atoms with E-state index in [0.29, 0.717) is 30.6 Å². The van der Waals surface area contributed by atoms with Crippen LogP contribution in [0.4, 0.5) is 0 Å². The van der Waals surface area contributed by atoms with Gasteiger partial charge in [0.15, 0.2) is 0 Å². The van der Waals surface area contributed by atoms with Crippen molar-refractivity contribution in [3.63, 3.8) is 0 Å². The summed E-state index contributed by atoms with van der Waals surface area (Å²) in [5.74, 6) is -12.1. The van der Waals surface area contributed by atoms with Gasteiger partial charge < -0.3 is 70.9 Å². The van der Waals surface area contributed by atoms with Crippen molar-refractivity contribution in [2.75, 3.05) is 69.0 Å². The molecule has 4 rings (SSSR count). The molecule has 2 heterocycles. The Labute approximate surface area is 579 Å². The maximum absolute atomic E-state index is 15.5.